The van der Waals surface area contributed by atoms with Crippen LogP contribution in [0.2, 0.25) is 0 Å². The van der Waals surface area contributed by atoms with Crippen molar-refractivity contribution in [2.75, 3.05) is 17.3 Å². The summed E-state index contributed by atoms with van der Waals surface area (Å²) in [5.74, 6) is 3.40. The number of hydrogen-bond donors (Lipinski definition) is 1. The molecule has 1 saturated heterocycles. The number of rotatable bonds is 2. The summed E-state index contributed by atoms with van der Waals surface area (Å²) in [6.45, 7) is 0. The van der Waals surface area contributed by atoms with Gasteiger partial charge in [0.15, 0.2) is 0 Å². The molecule has 2 nitrogen and oxygen atoms in total. The number of aliphatic hydroxyl groups excluding tert-OH is 1. The van der Waals surface area contributed by atoms with Crippen LogP contribution in [0, 0.1) is 0 Å². The van der Waals surface area contributed by atoms with E-state index in [4.69, 9.17) is 0 Å². The first-order chi connectivity index (χ1) is 6.88. The second-order valence-electron chi connectivity index (χ2n) is 3.22. The van der Waals surface area contributed by atoms with E-state index in [1.165, 1.54) is 5.75 Å². The summed E-state index contributed by atoms with van der Waals surface area (Å²) < 4.78 is 0. The van der Waals surface area contributed by atoms with E-state index in [2.05, 4.69) is 4.98 Å². The predicted molar refractivity (Wildman–Crippen MR) is 62.8 cm³/mol. The van der Waals surface area contributed by atoms with Crippen LogP contribution in [0.25, 0.3) is 0 Å². The lowest BCUT2D eigenvalue weighted by Gasteiger charge is -2.25. The van der Waals surface area contributed by atoms with Crippen molar-refractivity contribution in [1.29, 1.82) is 0 Å². The molecule has 1 aliphatic rings. The summed E-state index contributed by atoms with van der Waals surface area (Å²) in [7, 11) is 0. The van der Waals surface area contributed by atoms with E-state index >= 15 is 0 Å². The van der Waals surface area contributed by atoms with Gasteiger partial charge >= 0.3 is 0 Å². The SMILES string of the molecule is OC(c1cccnc1)C1CSCCS1. The van der Waals surface area contributed by atoms with E-state index in [9.17, 15) is 5.11 Å². The smallest absolute Gasteiger partial charge is 0.0931 e. The van der Waals surface area contributed by atoms with Crippen LogP contribution in [-0.4, -0.2) is 32.6 Å². The van der Waals surface area contributed by atoms with Gasteiger partial charge in [0.25, 0.3) is 0 Å². The van der Waals surface area contributed by atoms with Gasteiger partial charge in [-0.3, -0.25) is 4.98 Å². The lowest BCUT2D eigenvalue weighted by molar-refractivity contribution is 0.180. The van der Waals surface area contributed by atoms with Gasteiger partial charge in [0.1, 0.15) is 0 Å². The molecule has 0 amide bonds. The molecule has 14 heavy (non-hydrogen) atoms. The van der Waals surface area contributed by atoms with E-state index in [0.29, 0.717) is 5.25 Å². The van der Waals surface area contributed by atoms with Crippen molar-refractivity contribution in [3.8, 4) is 0 Å². The molecule has 76 valence electrons. The van der Waals surface area contributed by atoms with E-state index < -0.39 is 0 Å². The largest absolute Gasteiger partial charge is 0.387 e. The van der Waals surface area contributed by atoms with Crippen LogP contribution in [0.4, 0.5) is 0 Å². The Morgan fingerprint density at radius 3 is 3.07 bits per heavy atom. The normalized spacial score (nSPS) is 24.5. The van der Waals surface area contributed by atoms with Gasteiger partial charge in [-0.1, -0.05) is 6.07 Å². The summed E-state index contributed by atoms with van der Waals surface area (Å²) in [5, 5.41) is 10.4. The molecule has 1 fully saturated rings. The zero-order valence-electron chi connectivity index (χ0n) is 7.80. The molecule has 2 unspecified atom stereocenters. The molecule has 0 spiro atoms. The maximum absolute atomic E-state index is 10.1. The van der Waals surface area contributed by atoms with E-state index in [0.717, 1.165) is 17.1 Å². The molecule has 2 rings (SSSR count). The maximum Gasteiger partial charge on any atom is 0.0931 e. The number of pyridine rings is 1. The molecule has 1 N–H and O–H groups in total. The quantitative estimate of drug-likeness (QED) is 0.837. The molecule has 1 aromatic heterocycles. The number of thioether (sulfide) groups is 2. The highest BCUT2D eigenvalue weighted by Crippen LogP contribution is 2.32. The lowest BCUT2D eigenvalue weighted by Crippen LogP contribution is -2.22. The molecule has 2 atom stereocenters. The van der Waals surface area contributed by atoms with Gasteiger partial charge in [0.2, 0.25) is 0 Å². The Morgan fingerprint density at radius 2 is 2.43 bits per heavy atom. The van der Waals surface area contributed by atoms with Crippen LogP contribution in [0.15, 0.2) is 24.5 Å². The van der Waals surface area contributed by atoms with Gasteiger partial charge in [0.05, 0.1) is 6.10 Å². The zero-order valence-corrected chi connectivity index (χ0v) is 9.43. The summed E-state index contributed by atoms with van der Waals surface area (Å²) in [5.41, 5.74) is 0.938. The first-order valence-corrected chi connectivity index (χ1v) is 6.85. The molecule has 1 aromatic rings. The molecule has 2 heterocycles. The minimum Gasteiger partial charge on any atom is -0.387 e. The van der Waals surface area contributed by atoms with Crippen molar-refractivity contribution in [3.63, 3.8) is 0 Å². The summed E-state index contributed by atoms with van der Waals surface area (Å²) in [6, 6.07) is 3.82. The third kappa shape index (κ3) is 2.43. The minimum atomic E-state index is -0.360. The number of aliphatic hydroxyl groups is 1. The Bertz CT molecular complexity index is 275. The summed E-state index contributed by atoms with van der Waals surface area (Å²) in [4.78, 5) is 4.02. The maximum atomic E-state index is 10.1. The Hall–Kier alpha value is -0.190. The molecular formula is C10H13NOS2. The average Bonchev–Trinajstić information content (AvgIpc) is 2.30. The minimum absolute atomic E-state index is 0.331. The summed E-state index contributed by atoms with van der Waals surface area (Å²) >= 11 is 3.79. The molecule has 0 aromatic carbocycles. The van der Waals surface area contributed by atoms with Crippen molar-refractivity contribution < 1.29 is 5.11 Å². The highest BCUT2D eigenvalue weighted by molar-refractivity contribution is 8.06. The fourth-order valence-electron chi connectivity index (χ4n) is 1.45. The van der Waals surface area contributed by atoms with Gasteiger partial charge in [-0.2, -0.15) is 23.5 Å². The van der Waals surface area contributed by atoms with Crippen molar-refractivity contribution in [2.24, 2.45) is 0 Å². The van der Waals surface area contributed by atoms with Gasteiger partial charge in [0, 0.05) is 34.9 Å². The lowest BCUT2D eigenvalue weighted by atomic mass is 10.1. The van der Waals surface area contributed by atoms with Gasteiger partial charge in [-0.05, 0) is 11.6 Å². The summed E-state index contributed by atoms with van der Waals surface area (Å²) in [6.07, 6.45) is 3.13. The van der Waals surface area contributed by atoms with Crippen molar-refractivity contribution in [1.82, 2.24) is 4.98 Å². The molecule has 0 bridgehead atoms. The first-order valence-electron chi connectivity index (χ1n) is 4.65. The molecule has 0 radical (unpaired) electrons. The highest BCUT2D eigenvalue weighted by atomic mass is 32.2. The monoisotopic (exact) mass is 227 g/mol. The third-order valence-corrected chi connectivity index (χ3v) is 5.07. The molecule has 0 aliphatic carbocycles. The Balaban J connectivity index is 2.03. The molecule has 0 saturated carbocycles. The first kappa shape index (κ1) is 10.3. The van der Waals surface area contributed by atoms with Crippen LogP contribution < -0.4 is 0 Å². The van der Waals surface area contributed by atoms with E-state index in [1.54, 1.807) is 12.4 Å². The highest BCUT2D eigenvalue weighted by Gasteiger charge is 2.23. The van der Waals surface area contributed by atoms with Crippen LogP contribution in [0.1, 0.15) is 11.7 Å². The Morgan fingerprint density at radius 1 is 1.50 bits per heavy atom. The third-order valence-electron chi connectivity index (χ3n) is 2.22. The zero-order chi connectivity index (χ0) is 9.80. The van der Waals surface area contributed by atoms with Crippen LogP contribution in [-0.2, 0) is 0 Å². The average molecular weight is 227 g/mol. The van der Waals surface area contributed by atoms with Gasteiger partial charge < -0.3 is 5.11 Å². The van der Waals surface area contributed by atoms with Gasteiger partial charge in [-0.15, -0.1) is 0 Å². The van der Waals surface area contributed by atoms with Crippen molar-refractivity contribution in [3.05, 3.63) is 30.1 Å². The number of hydrogen-bond acceptors (Lipinski definition) is 4. The van der Waals surface area contributed by atoms with Crippen molar-refractivity contribution in [2.45, 2.75) is 11.4 Å². The molecule has 4 heteroatoms. The number of aromatic nitrogens is 1. The molecular weight excluding hydrogens is 214 g/mol. The fourth-order valence-corrected chi connectivity index (χ4v) is 4.21. The second-order valence-corrected chi connectivity index (χ2v) is 5.71. The Kier molecular flexibility index (Phi) is 3.73. The van der Waals surface area contributed by atoms with Crippen LogP contribution >= 0.6 is 23.5 Å². The fraction of sp³-hybridized carbons (Fsp3) is 0.500. The standard InChI is InChI=1S/C10H13NOS2/c12-10(8-2-1-3-11-6-8)9-7-13-4-5-14-9/h1-3,6,9-10,12H,4-5,7H2. The predicted octanol–water partition coefficient (Wildman–Crippen LogP) is 1.96. The van der Waals surface area contributed by atoms with E-state index in [-0.39, 0.29) is 6.10 Å². The topological polar surface area (TPSA) is 33.1 Å². The van der Waals surface area contributed by atoms with Crippen molar-refractivity contribution >= 4 is 23.5 Å². The second kappa shape index (κ2) is 5.05. The number of nitrogens with zero attached hydrogens (tertiary/aromatic N) is 1. The van der Waals surface area contributed by atoms with Crippen LogP contribution in [0.3, 0.4) is 0 Å². The van der Waals surface area contributed by atoms with Gasteiger partial charge in [-0.25, -0.2) is 0 Å². The van der Waals surface area contributed by atoms with Crippen LogP contribution in [0.5, 0.6) is 0 Å². The Labute approximate surface area is 92.5 Å². The van der Waals surface area contributed by atoms with E-state index in [1.807, 2.05) is 35.7 Å². The molecule has 1 aliphatic heterocycles.